The van der Waals surface area contributed by atoms with Gasteiger partial charge in [0.1, 0.15) is 5.76 Å². The number of nitrogens with zero attached hydrogens (tertiary/aromatic N) is 1. The van der Waals surface area contributed by atoms with Gasteiger partial charge in [-0.3, -0.25) is 0 Å². The van der Waals surface area contributed by atoms with Gasteiger partial charge in [0.05, 0.1) is 0 Å². The van der Waals surface area contributed by atoms with E-state index in [1.54, 1.807) is 0 Å². The van der Waals surface area contributed by atoms with E-state index in [1.165, 1.54) is 33.0 Å². The molecule has 1 aromatic heterocycles. The van der Waals surface area contributed by atoms with E-state index in [4.69, 9.17) is 0 Å². The molecule has 26 heavy (non-hydrogen) atoms. The number of fused-ring (bicyclic) bond motifs is 1. The van der Waals surface area contributed by atoms with Gasteiger partial charge < -0.3 is 15.3 Å². The number of anilines is 1. The third-order valence-electron chi connectivity index (χ3n) is 5.84. The highest BCUT2D eigenvalue weighted by Crippen LogP contribution is 2.48. The Kier molecular flexibility index (Phi) is 4.36. The zero-order valence-electron chi connectivity index (χ0n) is 15.9. The normalized spacial score (nSPS) is 19.1. The molecule has 1 aliphatic heterocycles. The van der Waals surface area contributed by atoms with Crippen molar-refractivity contribution in [2.45, 2.75) is 39.2 Å². The summed E-state index contributed by atoms with van der Waals surface area (Å²) in [5, 5.41) is 13.8. The summed E-state index contributed by atoms with van der Waals surface area (Å²) in [5.74, 6) is 0.210. The van der Waals surface area contributed by atoms with Gasteiger partial charge in [0, 0.05) is 45.7 Å². The Bertz CT molecular complexity index is 846. The maximum absolute atomic E-state index is 10.5. The molecule has 1 saturated heterocycles. The zero-order valence-corrected chi connectivity index (χ0v) is 16.7. The van der Waals surface area contributed by atoms with Crippen LogP contribution in [0.1, 0.15) is 36.3 Å². The summed E-state index contributed by atoms with van der Waals surface area (Å²) in [6.07, 6.45) is 3.32. The molecule has 4 heteroatoms. The predicted octanol–water partition coefficient (Wildman–Crippen LogP) is 4.87. The number of para-hydroxylation sites is 1. The quantitative estimate of drug-likeness (QED) is 0.756. The van der Waals surface area contributed by atoms with Gasteiger partial charge in [0.15, 0.2) is 0 Å². The molecule has 0 saturated carbocycles. The number of hydrogen-bond donors (Lipinski definition) is 2. The number of aryl methyl sites for hydroxylation is 1. The van der Waals surface area contributed by atoms with Crippen molar-refractivity contribution in [2.24, 2.45) is 5.41 Å². The average Bonchev–Trinajstić information content (AvgIpc) is 2.91. The van der Waals surface area contributed by atoms with Crippen LogP contribution in [-0.4, -0.2) is 31.3 Å². The second kappa shape index (κ2) is 6.43. The summed E-state index contributed by atoms with van der Waals surface area (Å²) >= 11 is 1.85. The lowest BCUT2D eigenvalue weighted by molar-refractivity contribution is 0.317. The smallest absolute Gasteiger partial charge is 0.117 e. The van der Waals surface area contributed by atoms with E-state index >= 15 is 0 Å². The molecule has 2 heterocycles. The van der Waals surface area contributed by atoms with Crippen LogP contribution in [-0.2, 0) is 12.8 Å². The fourth-order valence-corrected chi connectivity index (χ4v) is 5.59. The lowest BCUT2D eigenvalue weighted by atomic mass is 9.75. The van der Waals surface area contributed by atoms with Crippen LogP contribution in [0.25, 0.3) is 16.2 Å². The number of nitrogens with one attached hydrogen (secondary N) is 1. The van der Waals surface area contributed by atoms with E-state index in [9.17, 15) is 5.11 Å². The number of rotatable bonds is 4. The van der Waals surface area contributed by atoms with E-state index < -0.39 is 0 Å². The van der Waals surface area contributed by atoms with E-state index in [0.29, 0.717) is 6.04 Å². The highest BCUT2D eigenvalue weighted by atomic mass is 32.1. The summed E-state index contributed by atoms with van der Waals surface area (Å²) in [6, 6.07) is 9.16. The number of hydrogen-bond acceptors (Lipinski definition) is 4. The van der Waals surface area contributed by atoms with E-state index in [-0.39, 0.29) is 11.2 Å². The molecule has 0 radical (unpaired) electrons. The molecule has 138 valence electrons. The van der Waals surface area contributed by atoms with Crippen LogP contribution in [0.4, 0.5) is 5.69 Å². The third kappa shape index (κ3) is 2.95. The van der Waals surface area contributed by atoms with Crippen molar-refractivity contribution >= 4 is 22.8 Å². The van der Waals surface area contributed by atoms with E-state index in [2.05, 4.69) is 54.9 Å². The first-order valence-electron chi connectivity index (χ1n) is 9.44. The number of likely N-dealkylation sites (N-methyl/N-ethyl adjacent to an activating group) is 1. The lowest BCUT2D eigenvalue weighted by Crippen LogP contribution is -2.57. The maximum Gasteiger partial charge on any atom is 0.117 e. The fourth-order valence-electron chi connectivity index (χ4n) is 4.21. The van der Waals surface area contributed by atoms with Crippen LogP contribution in [0, 0.1) is 5.41 Å². The first-order chi connectivity index (χ1) is 12.4. The van der Waals surface area contributed by atoms with Crippen molar-refractivity contribution in [2.75, 3.05) is 25.0 Å². The monoisotopic (exact) mass is 368 g/mol. The molecule has 1 aliphatic carbocycles. The second-order valence-electron chi connectivity index (χ2n) is 8.40. The van der Waals surface area contributed by atoms with Gasteiger partial charge in [-0.1, -0.05) is 38.6 Å². The van der Waals surface area contributed by atoms with Crippen LogP contribution in [0.2, 0.25) is 0 Å². The molecule has 1 fully saturated rings. The lowest BCUT2D eigenvalue weighted by Gasteiger charge is -2.41. The largest absolute Gasteiger partial charge is 0.508 e. The summed E-state index contributed by atoms with van der Waals surface area (Å²) in [4.78, 5) is 5.03. The minimum atomic E-state index is 0.210. The first-order valence-corrected chi connectivity index (χ1v) is 10.3. The van der Waals surface area contributed by atoms with Crippen LogP contribution in [0.15, 0.2) is 30.8 Å². The molecule has 1 aromatic carbocycles. The Balaban J connectivity index is 1.80. The van der Waals surface area contributed by atoms with Crippen molar-refractivity contribution in [1.29, 1.82) is 0 Å². The predicted molar refractivity (Wildman–Crippen MR) is 112 cm³/mol. The highest BCUT2D eigenvalue weighted by Gasteiger charge is 2.33. The Labute approximate surface area is 160 Å². The minimum absolute atomic E-state index is 0.210. The molecule has 2 aliphatic rings. The molecule has 2 N–H and O–H groups in total. The highest BCUT2D eigenvalue weighted by molar-refractivity contribution is 7.16. The van der Waals surface area contributed by atoms with Gasteiger partial charge in [-0.2, -0.15) is 0 Å². The Morgan fingerprint density at radius 1 is 1.31 bits per heavy atom. The van der Waals surface area contributed by atoms with E-state index in [0.717, 1.165) is 31.5 Å². The summed E-state index contributed by atoms with van der Waals surface area (Å²) < 4.78 is 0. The van der Waals surface area contributed by atoms with Gasteiger partial charge >= 0.3 is 0 Å². The second-order valence-corrected chi connectivity index (χ2v) is 9.51. The Morgan fingerprint density at radius 2 is 2.04 bits per heavy atom. The number of aliphatic hydroxyl groups is 1. The molecule has 4 rings (SSSR count). The summed E-state index contributed by atoms with van der Waals surface area (Å²) in [6.45, 7) is 10.6. The SMILES string of the molecule is C=C(O)c1c(-c2ccccc2N2CC(NC)C2)sc2c1CC(C)(C)CC2. The van der Waals surface area contributed by atoms with Crippen molar-refractivity contribution in [1.82, 2.24) is 5.32 Å². The topological polar surface area (TPSA) is 35.5 Å². The summed E-state index contributed by atoms with van der Waals surface area (Å²) in [5.41, 5.74) is 5.08. The molecule has 0 amide bonds. The minimum Gasteiger partial charge on any atom is -0.508 e. The molecule has 0 bridgehead atoms. The molecule has 3 nitrogen and oxygen atoms in total. The maximum atomic E-state index is 10.5. The third-order valence-corrected chi connectivity index (χ3v) is 7.17. The van der Waals surface area contributed by atoms with Gasteiger partial charge in [-0.25, -0.2) is 0 Å². The summed E-state index contributed by atoms with van der Waals surface area (Å²) in [7, 11) is 2.02. The van der Waals surface area contributed by atoms with Crippen molar-refractivity contribution in [3.8, 4) is 10.4 Å². The Hall–Kier alpha value is -1.78. The van der Waals surface area contributed by atoms with Gasteiger partial charge in [0.2, 0.25) is 0 Å². The van der Waals surface area contributed by atoms with Crippen LogP contribution < -0.4 is 10.2 Å². The molecular formula is C22H28N2OS. The van der Waals surface area contributed by atoms with Crippen molar-refractivity contribution < 1.29 is 5.11 Å². The van der Waals surface area contributed by atoms with Crippen molar-refractivity contribution in [3.05, 3.63) is 46.8 Å². The molecule has 0 atom stereocenters. The first kappa shape index (κ1) is 17.6. The number of aliphatic hydroxyl groups excluding tert-OH is 1. The van der Waals surface area contributed by atoms with Crippen LogP contribution >= 0.6 is 11.3 Å². The van der Waals surface area contributed by atoms with E-state index in [1.807, 2.05) is 18.4 Å². The van der Waals surface area contributed by atoms with Crippen LogP contribution in [0.5, 0.6) is 0 Å². The van der Waals surface area contributed by atoms with Gasteiger partial charge in [0.25, 0.3) is 0 Å². The number of benzene rings is 1. The Morgan fingerprint density at radius 3 is 2.73 bits per heavy atom. The van der Waals surface area contributed by atoms with Gasteiger partial charge in [-0.05, 0) is 43.4 Å². The molecule has 0 spiro atoms. The standard InChI is InChI=1S/C22H28N2OS/c1-14(25)20-17-11-22(2,3)10-9-19(17)26-21(20)16-7-5-6-8-18(16)24-12-15(13-24)23-4/h5-8,15,23,25H,1,9-13H2,2-4H3. The zero-order chi connectivity index (χ0) is 18.5. The molecular weight excluding hydrogens is 340 g/mol. The average molecular weight is 369 g/mol. The fraction of sp³-hybridized carbons (Fsp3) is 0.455. The molecule has 0 unspecified atom stereocenters. The number of thiophene rings is 1. The van der Waals surface area contributed by atoms with Gasteiger partial charge in [-0.15, -0.1) is 11.3 Å². The van der Waals surface area contributed by atoms with Crippen molar-refractivity contribution in [3.63, 3.8) is 0 Å². The van der Waals surface area contributed by atoms with Crippen LogP contribution in [0.3, 0.4) is 0 Å². The molecule has 2 aromatic rings.